The number of hydrogen-bond acceptors (Lipinski definition) is 6. The molecule has 2 saturated heterocycles. The van der Waals surface area contributed by atoms with Crippen LogP contribution in [0, 0.1) is 11.8 Å². The predicted octanol–water partition coefficient (Wildman–Crippen LogP) is 3.89. The number of rotatable bonds is 6. The standard InChI is InChI=1S/C22H33N5O2S/c1-16-12-17(2)14-26(13-16)20(28)18(3)30-22-24-23-21(25-9-5-4-6-10-25)27(22)15-19-8-7-11-29-19/h7-8,11,16-18H,4-6,9-10,12-15H2,1-3H3. The van der Waals surface area contributed by atoms with Crippen molar-refractivity contribution in [3.8, 4) is 0 Å². The number of anilines is 1. The first kappa shape index (κ1) is 21.3. The van der Waals surface area contributed by atoms with Crippen LogP contribution in [0.1, 0.15) is 52.2 Å². The van der Waals surface area contributed by atoms with Crippen LogP contribution in [-0.2, 0) is 11.3 Å². The van der Waals surface area contributed by atoms with E-state index in [0.29, 0.717) is 18.4 Å². The normalized spacial score (nSPS) is 23.6. The quantitative estimate of drug-likeness (QED) is 0.647. The molecule has 0 aromatic carbocycles. The number of hydrogen-bond donors (Lipinski definition) is 0. The number of piperidine rings is 2. The van der Waals surface area contributed by atoms with Crippen LogP contribution in [0.25, 0.3) is 0 Å². The van der Waals surface area contributed by atoms with Crippen molar-refractivity contribution in [1.82, 2.24) is 19.7 Å². The number of furan rings is 1. The average Bonchev–Trinajstić information content (AvgIpc) is 3.38. The summed E-state index contributed by atoms with van der Waals surface area (Å²) in [7, 11) is 0. The average molecular weight is 432 g/mol. The van der Waals surface area contributed by atoms with Crippen molar-refractivity contribution in [2.24, 2.45) is 11.8 Å². The zero-order chi connectivity index (χ0) is 21.1. The second-order valence-electron chi connectivity index (χ2n) is 8.95. The van der Waals surface area contributed by atoms with E-state index in [1.807, 2.05) is 24.0 Å². The van der Waals surface area contributed by atoms with Gasteiger partial charge >= 0.3 is 0 Å². The lowest BCUT2D eigenvalue weighted by atomic mass is 9.92. The largest absolute Gasteiger partial charge is 0.467 e. The monoisotopic (exact) mass is 431 g/mol. The van der Waals surface area contributed by atoms with Crippen LogP contribution in [0.15, 0.2) is 28.0 Å². The Morgan fingerprint density at radius 3 is 2.60 bits per heavy atom. The number of likely N-dealkylation sites (tertiary alicyclic amines) is 1. The van der Waals surface area contributed by atoms with Gasteiger partial charge in [-0.2, -0.15) is 0 Å². The third-order valence-electron chi connectivity index (χ3n) is 6.04. The molecule has 2 aliphatic heterocycles. The molecule has 8 heteroatoms. The van der Waals surface area contributed by atoms with Crippen molar-refractivity contribution in [3.05, 3.63) is 24.2 Å². The van der Waals surface area contributed by atoms with Gasteiger partial charge in [-0.25, -0.2) is 0 Å². The fourth-order valence-electron chi connectivity index (χ4n) is 4.70. The third kappa shape index (κ3) is 4.85. The zero-order valence-corrected chi connectivity index (χ0v) is 19.1. The smallest absolute Gasteiger partial charge is 0.235 e. The molecule has 7 nitrogen and oxygen atoms in total. The van der Waals surface area contributed by atoms with Gasteiger partial charge < -0.3 is 14.2 Å². The van der Waals surface area contributed by atoms with Crippen LogP contribution in [0.2, 0.25) is 0 Å². The summed E-state index contributed by atoms with van der Waals surface area (Å²) < 4.78 is 7.71. The minimum atomic E-state index is -0.198. The molecule has 0 N–H and O–H groups in total. The van der Waals surface area contributed by atoms with Crippen molar-refractivity contribution >= 4 is 23.6 Å². The Morgan fingerprint density at radius 2 is 1.93 bits per heavy atom. The highest BCUT2D eigenvalue weighted by Gasteiger charge is 2.30. The van der Waals surface area contributed by atoms with Crippen LogP contribution >= 0.6 is 11.8 Å². The molecule has 0 radical (unpaired) electrons. The SMILES string of the molecule is CC1CC(C)CN(C(=O)C(C)Sc2nnc(N3CCCCC3)n2Cc2ccco2)C1. The van der Waals surface area contributed by atoms with Gasteiger partial charge in [-0.1, -0.05) is 25.6 Å². The summed E-state index contributed by atoms with van der Waals surface area (Å²) in [5, 5.41) is 9.60. The lowest BCUT2D eigenvalue weighted by molar-refractivity contribution is -0.132. The maximum atomic E-state index is 13.1. The molecule has 2 aliphatic rings. The number of amides is 1. The molecule has 0 spiro atoms. The summed E-state index contributed by atoms with van der Waals surface area (Å²) in [4.78, 5) is 17.5. The van der Waals surface area contributed by atoms with Gasteiger partial charge in [0.25, 0.3) is 0 Å². The molecule has 0 bridgehead atoms. The number of aromatic nitrogens is 3. The molecule has 2 fully saturated rings. The van der Waals surface area contributed by atoms with Crippen LogP contribution in [0.4, 0.5) is 5.95 Å². The highest BCUT2D eigenvalue weighted by Crippen LogP contribution is 2.30. The summed E-state index contributed by atoms with van der Waals surface area (Å²) in [6.07, 6.45) is 6.51. The molecule has 3 unspecified atom stereocenters. The van der Waals surface area contributed by atoms with E-state index in [1.54, 1.807) is 6.26 Å². The molecule has 3 atom stereocenters. The summed E-state index contributed by atoms with van der Waals surface area (Å²) in [6.45, 7) is 10.7. The van der Waals surface area contributed by atoms with Crippen molar-refractivity contribution < 1.29 is 9.21 Å². The molecule has 0 aliphatic carbocycles. The van der Waals surface area contributed by atoms with Gasteiger partial charge in [-0.15, -0.1) is 10.2 Å². The lowest BCUT2D eigenvalue weighted by Gasteiger charge is -2.36. The number of thioether (sulfide) groups is 1. The minimum absolute atomic E-state index is 0.198. The first-order valence-electron chi connectivity index (χ1n) is 11.2. The van der Waals surface area contributed by atoms with E-state index >= 15 is 0 Å². The van der Waals surface area contributed by atoms with E-state index in [0.717, 1.165) is 43.0 Å². The first-order chi connectivity index (χ1) is 14.5. The van der Waals surface area contributed by atoms with Crippen LogP contribution in [0.3, 0.4) is 0 Å². The van der Waals surface area contributed by atoms with Gasteiger partial charge in [-0.3, -0.25) is 9.36 Å². The van der Waals surface area contributed by atoms with Crippen LogP contribution in [-0.4, -0.2) is 57.0 Å². The van der Waals surface area contributed by atoms with E-state index in [-0.39, 0.29) is 11.2 Å². The summed E-state index contributed by atoms with van der Waals surface area (Å²) in [5.74, 6) is 3.07. The van der Waals surface area contributed by atoms with E-state index in [9.17, 15) is 4.79 Å². The van der Waals surface area contributed by atoms with E-state index in [4.69, 9.17) is 4.42 Å². The highest BCUT2D eigenvalue weighted by molar-refractivity contribution is 8.00. The molecule has 1 amide bonds. The zero-order valence-electron chi connectivity index (χ0n) is 18.3. The Morgan fingerprint density at radius 1 is 1.20 bits per heavy atom. The maximum absolute atomic E-state index is 13.1. The Kier molecular flexibility index (Phi) is 6.71. The van der Waals surface area contributed by atoms with Gasteiger partial charge in [0.05, 0.1) is 18.1 Å². The van der Waals surface area contributed by atoms with Gasteiger partial charge in [0.15, 0.2) is 5.16 Å². The molecule has 0 saturated carbocycles. The molecule has 4 heterocycles. The molecule has 30 heavy (non-hydrogen) atoms. The molecule has 4 rings (SSSR count). The van der Waals surface area contributed by atoms with Gasteiger partial charge in [0, 0.05) is 26.2 Å². The van der Waals surface area contributed by atoms with Gasteiger partial charge in [0.2, 0.25) is 11.9 Å². The molecule has 2 aromatic rings. The first-order valence-corrected chi connectivity index (χ1v) is 12.0. The molecule has 2 aromatic heterocycles. The Balaban J connectivity index is 1.52. The molecule has 164 valence electrons. The lowest BCUT2D eigenvalue weighted by Crippen LogP contribution is -2.45. The highest BCUT2D eigenvalue weighted by atomic mass is 32.2. The third-order valence-corrected chi connectivity index (χ3v) is 7.11. The maximum Gasteiger partial charge on any atom is 0.235 e. The number of nitrogens with zero attached hydrogens (tertiary/aromatic N) is 5. The second kappa shape index (κ2) is 9.45. The number of carbonyl (C=O) groups excluding carboxylic acids is 1. The molecular formula is C22H33N5O2S. The minimum Gasteiger partial charge on any atom is -0.467 e. The number of carbonyl (C=O) groups is 1. The topological polar surface area (TPSA) is 67.4 Å². The van der Waals surface area contributed by atoms with E-state index in [1.165, 1.54) is 37.4 Å². The summed E-state index contributed by atoms with van der Waals surface area (Å²) in [6, 6.07) is 3.87. The Bertz CT molecular complexity index is 821. The second-order valence-corrected chi connectivity index (χ2v) is 10.3. The van der Waals surface area contributed by atoms with Crippen LogP contribution < -0.4 is 4.90 Å². The van der Waals surface area contributed by atoms with E-state index in [2.05, 4.69) is 33.5 Å². The summed E-state index contributed by atoms with van der Waals surface area (Å²) >= 11 is 1.51. The predicted molar refractivity (Wildman–Crippen MR) is 119 cm³/mol. The van der Waals surface area contributed by atoms with Gasteiger partial charge in [0.1, 0.15) is 5.76 Å². The van der Waals surface area contributed by atoms with Crippen LogP contribution in [0.5, 0.6) is 0 Å². The fourth-order valence-corrected chi connectivity index (χ4v) is 5.63. The van der Waals surface area contributed by atoms with E-state index < -0.39 is 0 Å². The van der Waals surface area contributed by atoms with Crippen molar-refractivity contribution in [1.29, 1.82) is 0 Å². The van der Waals surface area contributed by atoms with Crippen molar-refractivity contribution in [2.45, 2.75) is 63.4 Å². The van der Waals surface area contributed by atoms with Crippen molar-refractivity contribution in [2.75, 3.05) is 31.1 Å². The Hall–Kier alpha value is -1.96. The molecular weight excluding hydrogens is 398 g/mol. The summed E-state index contributed by atoms with van der Waals surface area (Å²) in [5.41, 5.74) is 0. The fraction of sp³-hybridized carbons (Fsp3) is 0.682. The Labute approximate surface area is 183 Å². The van der Waals surface area contributed by atoms with Crippen molar-refractivity contribution in [3.63, 3.8) is 0 Å². The van der Waals surface area contributed by atoms with Gasteiger partial charge in [-0.05, 0) is 56.6 Å².